The molecule has 2 nitrogen and oxygen atoms in total. The Kier molecular flexibility index (Phi) is 9.59. The number of nitrogens with zero attached hydrogens (tertiary/aromatic N) is 2. The van der Waals surface area contributed by atoms with Gasteiger partial charge >= 0.3 is 0 Å². The Bertz CT molecular complexity index is 3760. The summed E-state index contributed by atoms with van der Waals surface area (Å²) >= 11 is 0. The van der Waals surface area contributed by atoms with Crippen molar-refractivity contribution in [3.63, 3.8) is 0 Å². The van der Waals surface area contributed by atoms with Crippen LogP contribution in [0.15, 0.2) is 224 Å². The molecule has 3 aliphatic carbocycles. The molecule has 15 rings (SSSR count). The second-order valence-electron chi connectivity index (χ2n) is 21.6. The fraction of sp³-hybridized carbons (Fsp3) is 0.143. The topological polar surface area (TPSA) is 6.48 Å². The summed E-state index contributed by atoms with van der Waals surface area (Å²) < 4.78 is 0. The second kappa shape index (κ2) is 16.5. The van der Waals surface area contributed by atoms with Gasteiger partial charge in [0.1, 0.15) is 0 Å². The zero-order valence-corrected chi connectivity index (χ0v) is 41.5. The largest absolute Gasteiger partial charge is 0.311 e. The average molecular weight is 935 g/mol. The number of hydrogen-bond acceptors (Lipinski definition) is 2. The first kappa shape index (κ1) is 42.5. The molecule has 0 radical (unpaired) electrons. The third-order valence-electron chi connectivity index (χ3n) is 17.5. The monoisotopic (exact) mass is 934 g/mol. The summed E-state index contributed by atoms with van der Waals surface area (Å²) in [6.45, 7) is 4.74. The molecule has 1 saturated carbocycles. The number of hydrogen-bond donors (Lipinski definition) is 0. The van der Waals surface area contributed by atoms with Crippen LogP contribution in [0.25, 0.3) is 44.5 Å². The lowest BCUT2D eigenvalue weighted by Crippen LogP contribution is -2.61. The molecule has 10 aromatic carbocycles. The number of para-hydroxylation sites is 1. The third kappa shape index (κ3) is 6.24. The first-order valence-electron chi connectivity index (χ1n) is 26.7. The summed E-state index contributed by atoms with van der Waals surface area (Å²) in [6.07, 6.45) is 6.36. The van der Waals surface area contributed by atoms with E-state index < -0.39 is 0 Å². The molecule has 0 bridgehead atoms. The Hall–Kier alpha value is -8.14. The molecule has 0 saturated heterocycles. The lowest BCUT2D eigenvalue weighted by Gasteiger charge is -2.45. The van der Waals surface area contributed by atoms with E-state index in [1.807, 2.05) is 0 Å². The van der Waals surface area contributed by atoms with Gasteiger partial charge in [-0.05, 0) is 174 Å². The lowest BCUT2D eigenvalue weighted by molar-refractivity contribution is 0.444. The molecular formula is C70H55BN2. The van der Waals surface area contributed by atoms with Crippen molar-refractivity contribution in [1.82, 2.24) is 0 Å². The molecule has 5 aliphatic rings. The predicted octanol–water partition coefficient (Wildman–Crippen LogP) is 16.6. The molecule has 2 aliphatic heterocycles. The molecule has 0 N–H and O–H groups in total. The van der Waals surface area contributed by atoms with Crippen molar-refractivity contribution in [2.45, 2.75) is 63.2 Å². The molecular weight excluding hydrogens is 880 g/mol. The van der Waals surface area contributed by atoms with Crippen LogP contribution in [0, 0.1) is 0 Å². The third-order valence-corrected chi connectivity index (χ3v) is 17.5. The second-order valence-corrected chi connectivity index (χ2v) is 21.6. The van der Waals surface area contributed by atoms with Crippen LogP contribution < -0.4 is 26.2 Å². The first-order valence-corrected chi connectivity index (χ1v) is 26.7. The van der Waals surface area contributed by atoms with Crippen molar-refractivity contribution in [2.24, 2.45) is 0 Å². The van der Waals surface area contributed by atoms with Gasteiger partial charge in [-0.3, -0.25) is 0 Å². The quantitative estimate of drug-likeness (QED) is 0.153. The number of anilines is 6. The lowest BCUT2D eigenvalue weighted by atomic mass is 9.33. The fourth-order valence-electron chi connectivity index (χ4n) is 14.1. The highest BCUT2D eigenvalue weighted by molar-refractivity contribution is 7.00. The van der Waals surface area contributed by atoms with Crippen LogP contribution in [0.5, 0.6) is 0 Å². The maximum Gasteiger partial charge on any atom is 0.252 e. The van der Waals surface area contributed by atoms with E-state index in [1.54, 1.807) is 0 Å². The van der Waals surface area contributed by atoms with E-state index in [-0.39, 0.29) is 12.1 Å². The number of benzene rings is 10. The van der Waals surface area contributed by atoms with Crippen LogP contribution in [0.4, 0.5) is 34.1 Å². The van der Waals surface area contributed by atoms with Gasteiger partial charge in [0, 0.05) is 34.1 Å². The summed E-state index contributed by atoms with van der Waals surface area (Å²) in [5.74, 6) is 0.923. The van der Waals surface area contributed by atoms with E-state index in [1.165, 1.54) is 161 Å². The Balaban J connectivity index is 0.907. The number of fused-ring (bicyclic) bond motifs is 14. The molecule has 0 amide bonds. The van der Waals surface area contributed by atoms with Crippen molar-refractivity contribution < 1.29 is 0 Å². The minimum absolute atomic E-state index is 0.0828. The average Bonchev–Trinajstić information content (AvgIpc) is 3.93. The van der Waals surface area contributed by atoms with Crippen molar-refractivity contribution in [3.8, 4) is 44.5 Å². The van der Waals surface area contributed by atoms with E-state index >= 15 is 0 Å². The van der Waals surface area contributed by atoms with Gasteiger partial charge in [0.2, 0.25) is 0 Å². The van der Waals surface area contributed by atoms with Gasteiger partial charge in [0.15, 0.2) is 0 Å². The van der Waals surface area contributed by atoms with Gasteiger partial charge in [-0.1, -0.05) is 203 Å². The highest BCUT2D eigenvalue weighted by atomic mass is 15.2. The maximum atomic E-state index is 2.62. The Morgan fingerprint density at radius 1 is 0.397 bits per heavy atom. The minimum atomic E-state index is -0.378. The van der Waals surface area contributed by atoms with E-state index in [2.05, 4.69) is 248 Å². The summed E-state index contributed by atoms with van der Waals surface area (Å²) in [4.78, 5) is 5.21. The standard InChI is InChI=1S/C70H55BN2/c1-45(2)50-34-40-66-64(42-50)71-63-27-15-16-28-65(63)72(53-35-29-48(30-36-53)46-17-5-3-6-18-46)67-43-52(47-19-7-4-8-20-47)44-68(69(67)71)73(66)54-37-31-49(32-38-54)51-33-39-58-57-23-11-14-26-61(57)70(62(58)41-51)59-24-12-9-21-55(59)56-22-10-13-25-60(56)70/h3,5-6,9-18,21-45,47H,4,7-8,19-20H2,1-2H3. The van der Waals surface area contributed by atoms with Crippen LogP contribution >= 0.6 is 0 Å². The molecule has 2 heterocycles. The van der Waals surface area contributed by atoms with Crippen molar-refractivity contribution in [1.29, 1.82) is 0 Å². The number of rotatable bonds is 6. The molecule has 0 aromatic heterocycles. The van der Waals surface area contributed by atoms with Crippen LogP contribution in [0.2, 0.25) is 0 Å². The molecule has 0 unspecified atom stereocenters. The molecule has 1 spiro atoms. The van der Waals surface area contributed by atoms with Crippen molar-refractivity contribution in [2.75, 3.05) is 9.80 Å². The molecule has 0 atom stereocenters. The normalized spacial score (nSPS) is 15.4. The van der Waals surface area contributed by atoms with Crippen LogP contribution in [0.3, 0.4) is 0 Å². The van der Waals surface area contributed by atoms with Gasteiger partial charge in [-0.15, -0.1) is 0 Å². The Morgan fingerprint density at radius 3 is 1.49 bits per heavy atom. The first-order chi connectivity index (χ1) is 36.0. The molecule has 3 heteroatoms. The van der Waals surface area contributed by atoms with Gasteiger partial charge < -0.3 is 9.80 Å². The van der Waals surface area contributed by atoms with E-state index in [0.717, 1.165) is 0 Å². The Morgan fingerprint density at radius 2 is 0.890 bits per heavy atom. The minimum Gasteiger partial charge on any atom is -0.311 e. The zero-order chi connectivity index (χ0) is 48.4. The predicted molar refractivity (Wildman–Crippen MR) is 308 cm³/mol. The van der Waals surface area contributed by atoms with Gasteiger partial charge in [-0.25, -0.2) is 0 Å². The summed E-state index contributed by atoms with van der Waals surface area (Å²) in [6, 6.07) is 86.0. The van der Waals surface area contributed by atoms with Crippen molar-refractivity contribution in [3.05, 3.63) is 258 Å². The summed E-state index contributed by atoms with van der Waals surface area (Å²) in [7, 11) is 0. The highest BCUT2D eigenvalue weighted by Crippen LogP contribution is 2.63. The summed E-state index contributed by atoms with van der Waals surface area (Å²) in [5.41, 5.74) is 29.9. The molecule has 348 valence electrons. The summed E-state index contributed by atoms with van der Waals surface area (Å²) in [5, 5.41) is 0. The zero-order valence-electron chi connectivity index (χ0n) is 41.5. The molecule has 1 fully saturated rings. The van der Waals surface area contributed by atoms with E-state index in [4.69, 9.17) is 0 Å². The van der Waals surface area contributed by atoms with Gasteiger partial charge in [-0.2, -0.15) is 0 Å². The van der Waals surface area contributed by atoms with Crippen LogP contribution in [-0.4, -0.2) is 6.71 Å². The van der Waals surface area contributed by atoms with Crippen LogP contribution in [0.1, 0.15) is 91.2 Å². The van der Waals surface area contributed by atoms with Crippen LogP contribution in [-0.2, 0) is 5.41 Å². The van der Waals surface area contributed by atoms with E-state index in [0.29, 0.717) is 11.8 Å². The smallest absolute Gasteiger partial charge is 0.252 e. The highest BCUT2D eigenvalue weighted by Gasteiger charge is 2.52. The SMILES string of the molecule is CC(C)c1ccc2c(c1)B1c3ccccc3N(c3ccc(-c4ccccc4)cc3)c3cc(C4CCCCC4)cc(c31)N2c1ccc(-c2ccc3c(c2)C2(c4ccccc4-c4ccccc42)c2ccccc2-3)cc1. The molecule has 10 aromatic rings. The Labute approximate surface area is 430 Å². The van der Waals surface area contributed by atoms with Gasteiger partial charge in [0.25, 0.3) is 6.71 Å². The van der Waals surface area contributed by atoms with E-state index in [9.17, 15) is 0 Å². The maximum absolute atomic E-state index is 2.62. The fourth-order valence-corrected chi connectivity index (χ4v) is 14.1. The molecule has 73 heavy (non-hydrogen) atoms. The van der Waals surface area contributed by atoms with Crippen molar-refractivity contribution >= 4 is 57.2 Å². The van der Waals surface area contributed by atoms with Gasteiger partial charge in [0.05, 0.1) is 5.41 Å².